The summed E-state index contributed by atoms with van der Waals surface area (Å²) in [4.78, 5) is 65.0. The predicted octanol–water partition coefficient (Wildman–Crippen LogP) is -50.9. The number of carbonyl (C=O) groups excluding carboxylic acids is 8. The molecule has 8 fully saturated rings. The Balaban J connectivity index is -0.000000385. The number of nitrogens with one attached hydrogen (secondary N) is 4. The fourth-order valence-corrected chi connectivity index (χ4v) is 12.3. The molecular formula is C53H78N5Na11O65S8. The van der Waals surface area contributed by atoms with E-state index in [-0.39, 0.29) is 356 Å². The van der Waals surface area contributed by atoms with E-state index in [4.69, 9.17) is 198 Å². The average molecular weight is 2330 g/mol. The van der Waals surface area contributed by atoms with Crippen LogP contribution in [0.2, 0.25) is 0 Å². The summed E-state index contributed by atoms with van der Waals surface area (Å²) in [5, 5.41) is 144. The van der Waals surface area contributed by atoms with Gasteiger partial charge in [0.1, 0.15) is 98.4 Å². The molecule has 70 nitrogen and oxygen atoms in total. The summed E-state index contributed by atoms with van der Waals surface area (Å²) < 4.78 is 342. The van der Waals surface area contributed by atoms with Gasteiger partial charge in [-0.05, 0) is 50.2 Å². The van der Waals surface area contributed by atoms with E-state index in [0.29, 0.717) is 45.6 Å². The first kappa shape index (κ1) is 172. The number of hydrogen-bond acceptors (Lipinski definition) is 65. The van der Waals surface area contributed by atoms with E-state index in [0.717, 1.165) is 6.61 Å². The fourth-order valence-electron chi connectivity index (χ4n) is 11.1. The van der Waals surface area contributed by atoms with Crippen molar-refractivity contribution in [2.24, 2.45) is 5.73 Å². The minimum absolute atomic E-state index is 0. The molecular weight excluding hydrogens is 2260 g/mol. The van der Waals surface area contributed by atoms with Crippen LogP contribution in [0.5, 0.6) is 0 Å². The molecule has 8 saturated heterocycles. The van der Waals surface area contributed by atoms with Crippen LogP contribution < -0.4 is 331 Å². The third-order valence-electron chi connectivity index (χ3n) is 16.6. The van der Waals surface area contributed by atoms with Gasteiger partial charge in [-0.3, -0.25) is 17.1 Å². The third kappa shape index (κ3) is 67.0. The van der Waals surface area contributed by atoms with Gasteiger partial charge < -0.3 is 185 Å². The van der Waals surface area contributed by atoms with Gasteiger partial charge in [0.2, 0.25) is 31.2 Å². The average Bonchev–Trinajstić information content (AvgIpc) is 0.781. The van der Waals surface area contributed by atoms with Crippen molar-refractivity contribution in [2.75, 3.05) is 39.6 Å². The van der Waals surface area contributed by atoms with Crippen LogP contribution in [-0.2, 0) is 215 Å². The van der Waals surface area contributed by atoms with Crippen LogP contribution >= 0.6 is 0 Å². The molecule has 0 aliphatic carbocycles. The van der Waals surface area contributed by atoms with Crippen LogP contribution in [0.25, 0.3) is 22.9 Å². The van der Waals surface area contributed by atoms with Crippen LogP contribution in [0, 0.1) is 26.4 Å². The molecule has 142 heavy (non-hydrogen) atoms. The second-order valence-corrected chi connectivity index (χ2v) is 31.0. The first-order chi connectivity index (χ1) is 60.6. The predicted molar refractivity (Wildman–Crippen MR) is 368 cm³/mol. The Morgan fingerprint density at radius 3 is 0.718 bits per heavy atom. The van der Waals surface area contributed by atoms with Gasteiger partial charge in [0.15, 0.2) is 25.2 Å². The molecule has 8 aliphatic heterocycles. The SMILES string of the molecule is O=C=O.O=C=O.O=C=O.O=C=O.O=S(=O)=O.O=S(=O)=O.O=S(=O)=O.O=S(=O)=O.[NH-]C1[C@@H](O[C@@H]2[CH-]O[C@@H](O[C@@H]3C(COS(=O)(=O)[O-])O[C@H](O[C@@H]4[CH-]O[C@@H](O[C@@H]5C(COS(=O)(=O)[O-])O[C@H](O[C@@H]6[CH-]O[C@@H](O[C@@H]7C(COS(=O)(=O)[O-])O[C@H](O[C@@H]8[CH-]O[C@@H](OCCCCCN)C(O)[C@@H]8O)C([NH-])[C@H]7O)C(O)[C@@H]6O)C([NH-])[C@H]5O)C(O)[C@@H]4O)C([NH-])[C@H]3O)C(O)[C@@H]2O)OC(COS(=O)(=O)O)[C@@H](O)[C@@H]1O.[Na+].[Na+].[Na+].[Na+].[Na+].[Na+].[Na+].[Na+].[Na+].[Na+].[Na+]. The van der Waals surface area contributed by atoms with Gasteiger partial charge >= 0.3 is 403 Å². The van der Waals surface area contributed by atoms with Crippen molar-refractivity contribution in [3.63, 3.8) is 0 Å². The first-order valence-corrected chi connectivity index (χ1v) is 43.7. The van der Waals surface area contributed by atoms with Crippen LogP contribution in [-0.4, -0.2) is 454 Å². The summed E-state index contributed by atoms with van der Waals surface area (Å²) >= 11 is 0. The zero-order valence-corrected chi connectivity index (χ0v) is 104. The molecule has 20 N–H and O–H groups in total. The molecule has 0 radical (unpaired) electrons. The Bertz CT molecular complexity index is 4390. The van der Waals surface area contributed by atoms with Crippen LogP contribution in [0.4, 0.5) is 0 Å². The summed E-state index contributed by atoms with van der Waals surface area (Å²) in [6.45, 7) is -2.03. The fraction of sp³-hybridized carbons (Fsp3) is 0.849. The summed E-state index contributed by atoms with van der Waals surface area (Å²) in [5.74, 6) is 0. The van der Waals surface area contributed by atoms with E-state index in [1.165, 1.54) is 0 Å². The van der Waals surface area contributed by atoms with E-state index < -0.39 is 331 Å². The van der Waals surface area contributed by atoms with Crippen LogP contribution in [0.3, 0.4) is 0 Å². The Hall–Kier alpha value is 5.12. The maximum atomic E-state index is 11.7. The van der Waals surface area contributed by atoms with Crippen LogP contribution in [0.1, 0.15) is 19.3 Å². The van der Waals surface area contributed by atoms with Gasteiger partial charge in [0.05, 0.1) is 75.3 Å². The van der Waals surface area contributed by atoms with E-state index >= 15 is 0 Å². The molecule has 0 saturated carbocycles. The number of aliphatic hydroxyl groups excluding tert-OH is 13. The molecule has 0 aromatic carbocycles. The van der Waals surface area contributed by atoms with Gasteiger partial charge in [-0.15, -0.1) is 50.5 Å². The zero-order chi connectivity index (χ0) is 101. The Morgan fingerprint density at radius 1 is 0.296 bits per heavy atom. The van der Waals surface area contributed by atoms with Gasteiger partial charge in [0, 0.05) is 6.61 Å². The third-order valence-corrected chi connectivity index (χ3v) is 18.4. The summed E-state index contributed by atoms with van der Waals surface area (Å²) in [6, 6.07) is -8.22. The molecule has 8 aliphatic rings. The van der Waals surface area contributed by atoms with Crippen molar-refractivity contribution in [3.05, 3.63) is 49.4 Å². The standard InChI is InChI=1S/C49H81N5O45S4.4CO2.11Na.4O3S/c50-4-2-1-3-5-80-46-35(64)27(56)14(6-81-46)90-43-23(52)32(61)39(19(94-43)11-86-101(71,72)73)98-48-37(66)29(58)16(8-83-48)92-45-25(54)34(63)41(21(96-45)13-88-103(77,78)79)99-49-38(67)30(59)17(9-84-49)91-44-24(53)33(62)40(20(95-44)12-87-102(74,75)76)97-47-36(65)28(57)15(7-82-47)89-42-22(51)31(60)26(55)18(93-42)10-85-100(68,69)70;4*2-1-3;;;;;;;;;;;;4*1-4(2)3/h6-9,14-49,51-67H,1-5,10-13,50H2,(H,68,69,70)(H,71,72,73)(H,74,75,76)(H,77,78,79);;;;;;;;;;;;;;;;;;;/q-8;;;;;11*+1;;;;/p-3/t14-,15-,16-,17-,18?,19?,20?,21?,22?,23?,24?,25?,26-,27-,28-,29-,30-,31-,32-,33-,34-,35?,36?,37?,38?,39-,40-,41-,42+,43+,44+,45+,46-,47+,48+,49+;;;;;;;;;;;;;;;;;;;/m1.................../s1. The minimum Gasteiger partial charge on any atom is -0.726 e. The van der Waals surface area contributed by atoms with E-state index in [9.17, 15) is 114 Å². The van der Waals surface area contributed by atoms with Gasteiger partial charge in [0.25, 0.3) is 0 Å². The van der Waals surface area contributed by atoms with E-state index in [2.05, 4.69) is 16.7 Å². The van der Waals surface area contributed by atoms with Crippen molar-refractivity contribution in [2.45, 2.75) is 240 Å². The van der Waals surface area contributed by atoms with Crippen molar-refractivity contribution < 1.29 is 625 Å². The van der Waals surface area contributed by atoms with Gasteiger partial charge in [-0.25, -0.2) is 29.4 Å². The molecule has 0 spiro atoms. The molecule has 764 valence electrons. The molecule has 0 amide bonds. The molecule has 8 heterocycles. The largest absolute Gasteiger partial charge is 1.00 e. The number of nitrogens with two attached hydrogens (primary N) is 1. The number of ether oxygens (including phenoxy) is 16. The second kappa shape index (κ2) is 88.8. The summed E-state index contributed by atoms with van der Waals surface area (Å²) in [5.41, 5.74) is 39.8. The number of aliphatic hydroxyl groups is 13. The molecule has 0 aromatic rings. The van der Waals surface area contributed by atoms with Crippen molar-refractivity contribution in [1.29, 1.82) is 0 Å². The molecule has 36 atom stereocenters. The van der Waals surface area contributed by atoms with Gasteiger partial charge in [-0.2, -0.15) is 73.2 Å². The maximum absolute atomic E-state index is 11.7. The second-order valence-electron chi connectivity index (χ2n) is 25.1. The van der Waals surface area contributed by atoms with Crippen molar-refractivity contribution in [1.82, 2.24) is 0 Å². The van der Waals surface area contributed by atoms with E-state index in [1.807, 2.05) is 0 Å². The smallest absolute Gasteiger partial charge is 0.726 e. The van der Waals surface area contributed by atoms with Crippen molar-refractivity contribution >= 4 is 109 Å². The topological polar surface area (TPSA) is 1140 Å². The minimum atomic E-state index is -5.65. The number of hydrogen-bond donors (Lipinski definition) is 15. The summed E-state index contributed by atoms with van der Waals surface area (Å²) in [6.07, 6.45) is -63.0. The molecule has 12 unspecified atom stereocenters. The van der Waals surface area contributed by atoms with Crippen molar-refractivity contribution in [3.8, 4) is 0 Å². The number of rotatable bonds is 32. The molecule has 0 bridgehead atoms. The normalized spacial score (nSPS) is 34.0. The number of unbranched alkanes of at least 4 members (excludes halogenated alkanes) is 2. The Morgan fingerprint density at radius 2 is 0.500 bits per heavy atom. The Kier molecular flexibility index (Phi) is 108. The van der Waals surface area contributed by atoms with E-state index in [1.54, 1.807) is 0 Å². The molecule has 8 rings (SSSR count). The zero-order valence-electron chi connectivity index (χ0n) is 75.4. The first-order valence-electron chi connectivity index (χ1n) is 34.3. The monoisotopic (exact) mass is 2330 g/mol. The van der Waals surface area contributed by atoms with Gasteiger partial charge in [-0.1, -0.05) is 24.2 Å². The quantitative estimate of drug-likeness (QED) is 0.00978. The molecule has 89 heteroatoms. The van der Waals surface area contributed by atoms with Crippen LogP contribution in [0.15, 0.2) is 0 Å². The Labute approximate surface area is 1050 Å². The summed E-state index contributed by atoms with van der Waals surface area (Å²) in [7, 11) is -34.4. The maximum Gasteiger partial charge on any atom is 1.00 e. The molecule has 0 aromatic heterocycles.